The molecule has 0 amide bonds. The predicted molar refractivity (Wildman–Crippen MR) is 82.0 cm³/mol. The average Bonchev–Trinajstić information content (AvgIpc) is 3.04. The molecule has 0 saturated carbocycles. The van der Waals surface area contributed by atoms with Crippen LogP contribution in [0.4, 0.5) is 5.69 Å². The highest BCUT2D eigenvalue weighted by Crippen LogP contribution is 2.22. The van der Waals surface area contributed by atoms with E-state index in [0.717, 1.165) is 16.9 Å². The Morgan fingerprint density at radius 3 is 2.90 bits per heavy atom. The molecule has 0 aliphatic carbocycles. The Bertz CT molecular complexity index is 722. The van der Waals surface area contributed by atoms with Gasteiger partial charge in [0.2, 0.25) is 0 Å². The van der Waals surface area contributed by atoms with Gasteiger partial charge in [-0.25, -0.2) is 9.67 Å². The van der Waals surface area contributed by atoms with Crippen LogP contribution in [-0.4, -0.2) is 20.0 Å². The zero-order chi connectivity index (χ0) is 14.2. The standard InChI is InChI=1S/C14H17N5S/c1-14(2,3)19-8-11(17-18-19)7-15-10-4-5-12-13(6-10)20-9-16-12/h4-6,8-9,15H,7H2,1-3H3. The summed E-state index contributed by atoms with van der Waals surface area (Å²) in [6.07, 6.45) is 1.98. The molecule has 1 aromatic carbocycles. The molecule has 3 rings (SSSR count). The fourth-order valence-electron chi connectivity index (χ4n) is 1.86. The van der Waals surface area contributed by atoms with Crippen molar-refractivity contribution in [3.8, 4) is 0 Å². The summed E-state index contributed by atoms with van der Waals surface area (Å²) in [5.41, 5.74) is 4.88. The molecule has 1 N–H and O–H groups in total. The molecule has 0 unspecified atom stereocenters. The van der Waals surface area contributed by atoms with E-state index in [9.17, 15) is 0 Å². The van der Waals surface area contributed by atoms with Crippen LogP contribution in [0.2, 0.25) is 0 Å². The maximum atomic E-state index is 4.27. The SMILES string of the molecule is CC(C)(C)n1cc(CNc2ccc3ncsc3c2)nn1. The number of nitrogens with one attached hydrogen (secondary N) is 1. The van der Waals surface area contributed by atoms with E-state index in [1.54, 1.807) is 11.3 Å². The Kier molecular flexibility index (Phi) is 3.17. The molecule has 2 heterocycles. The number of benzene rings is 1. The highest BCUT2D eigenvalue weighted by Gasteiger charge is 2.14. The number of rotatable bonds is 3. The van der Waals surface area contributed by atoms with E-state index in [-0.39, 0.29) is 5.54 Å². The molecule has 2 aromatic heterocycles. The molecule has 6 heteroatoms. The zero-order valence-electron chi connectivity index (χ0n) is 11.8. The van der Waals surface area contributed by atoms with Crippen LogP contribution in [0, 0.1) is 0 Å². The average molecular weight is 287 g/mol. The predicted octanol–water partition coefficient (Wildman–Crippen LogP) is 3.25. The molecule has 20 heavy (non-hydrogen) atoms. The first-order valence-electron chi connectivity index (χ1n) is 6.51. The summed E-state index contributed by atoms with van der Waals surface area (Å²) in [4.78, 5) is 4.27. The van der Waals surface area contributed by atoms with Crippen molar-refractivity contribution in [3.05, 3.63) is 35.6 Å². The Hall–Kier alpha value is -1.95. The van der Waals surface area contributed by atoms with Gasteiger partial charge in [-0.3, -0.25) is 0 Å². The minimum absolute atomic E-state index is 0.0349. The van der Waals surface area contributed by atoms with Gasteiger partial charge in [0, 0.05) is 5.69 Å². The first kappa shape index (κ1) is 13.1. The summed E-state index contributed by atoms with van der Waals surface area (Å²) in [5, 5.41) is 11.7. The van der Waals surface area contributed by atoms with Crippen molar-refractivity contribution in [2.24, 2.45) is 0 Å². The summed E-state index contributed by atoms with van der Waals surface area (Å²) in [6.45, 7) is 6.99. The van der Waals surface area contributed by atoms with Crippen molar-refractivity contribution in [2.45, 2.75) is 32.9 Å². The van der Waals surface area contributed by atoms with Crippen LogP contribution < -0.4 is 5.32 Å². The Morgan fingerprint density at radius 1 is 1.30 bits per heavy atom. The number of fused-ring (bicyclic) bond motifs is 1. The molecule has 0 aliphatic heterocycles. The largest absolute Gasteiger partial charge is 0.379 e. The molecule has 0 radical (unpaired) electrons. The van der Waals surface area contributed by atoms with Gasteiger partial charge in [0.05, 0.1) is 34.0 Å². The molecule has 0 aliphatic rings. The number of thiazole rings is 1. The molecule has 0 fully saturated rings. The monoisotopic (exact) mass is 287 g/mol. The van der Waals surface area contributed by atoms with Gasteiger partial charge < -0.3 is 5.32 Å². The Morgan fingerprint density at radius 2 is 2.15 bits per heavy atom. The van der Waals surface area contributed by atoms with Crippen molar-refractivity contribution >= 4 is 27.2 Å². The van der Waals surface area contributed by atoms with E-state index in [4.69, 9.17) is 0 Å². The van der Waals surface area contributed by atoms with Gasteiger partial charge in [0.15, 0.2) is 0 Å². The third kappa shape index (κ3) is 2.65. The van der Waals surface area contributed by atoms with E-state index in [2.05, 4.69) is 47.5 Å². The van der Waals surface area contributed by atoms with Gasteiger partial charge >= 0.3 is 0 Å². The molecular formula is C14H17N5S. The maximum absolute atomic E-state index is 4.27. The number of hydrogen-bond donors (Lipinski definition) is 1. The van der Waals surface area contributed by atoms with Crippen LogP contribution in [0.3, 0.4) is 0 Å². The minimum Gasteiger partial charge on any atom is -0.379 e. The maximum Gasteiger partial charge on any atom is 0.102 e. The highest BCUT2D eigenvalue weighted by molar-refractivity contribution is 7.16. The van der Waals surface area contributed by atoms with Crippen molar-refractivity contribution in [2.75, 3.05) is 5.32 Å². The van der Waals surface area contributed by atoms with E-state index < -0.39 is 0 Å². The lowest BCUT2D eigenvalue weighted by molar-refractivity contribution is 0.347. The van der Waals surface area contributed by atoms with Crippen LogP contribution in [-0.2, 0) is 12.1 Å². The van der Waals surface area contributed by atoms with E-state index in [1.807, 2.05) is 28.5 Å². The van der Waals surface area contributed by atoms with Gasteiger partial charge in [-0.1, -0.05) is 5.21 Å². The quantitative estimate of drug-likeness (QED) is 0.803. The second-order valence-corrected chi connectivity index (χ2v) is 6.60. The summed E-state index contributed by atoms with van der Waals surface area (Å²) in [6, 6.07) is 6.18. The number of nitrogens with zero attached hydrogens (tertiary/aromatic N) is 4. The van der Waals surface area contributed by atoms with Crippen molar-refractivity contribution < 1.29 is 0 Å². The van der Waals surface area contributed by atoms with Gasteiger partial charge in [-0.2, -0.15) is 0 Å². The van der Waals surface area contributed by atoms with Gasteiger partial charge in [0.1, 0.15) is 5.69 Å². The molecule has 3 aromatic rings. The summed E-state index contributed by atoms with van der Waals surface area (Å²) in [5.74, 6) is 0. The fraction of sp³-hybridized carbons (Fsp3) is 0.357. The fourth-order valence-corrected chi connectivity index (χ4v) is 2.58. The smallest absolute Gasteiger partial charge is 0.102 e. The summed E-state index contributed by atoms with van der Waals surface area (Å²) in [7, 11) is 0. The van der Waals surface area contributed by atoms with Crippen LogP contribution >= 0.6 is 11.3 Å². The highest BCUT2D eigenvalue weighted by atomic mass is 32.1. The molecule has 104 valence electrons. The van der Waals surface area contributed by atoms with E-state index >= 15 is 0 Å². The molecule has 0 atom stereocenters. The van der Waals surface area contributed by atoms with Crippen molar-refractivity contribution in [1.82, 2.24) is 20.0 Å². The van der Waals surface area contributed by atoms with Gasteiger partial charge in [-0.15, -0.1) is 16.4 Å². The molecule has 0 saturated heterocycles. The second-order valence-electron chi connectivity index (χ2n) is 5.71. The Labute approximate surface area is 121 Å². The lowest BCUT2D eigenvalue weighted by Crippen LogP contribution is -2.22. The van der Waals surface area contributed by atoms with Crippen LogP contribution in [0.25, 0.3) is 10.2 Å². The zero-order valence-corrected chi connectivity index (χ0v) is 12.6. The topological polar surface area (TPSA) is 55.6 Å². The van der Waals surface area contributed by atoms with Crippen molar-refractivity contribution in [1.29, 1.82) is 0 Å². The molecular weight excluding hydrogens is 270 g/mol. The second kappa shape index (κ2) is 4.86. The van der Waals surface area contributed by atoms with Crippen LogP contribution in [0.15, 0.2) is 29.9 Å². The van der Waals surface area contributed by atoms with E-state index in [0.29, 0.717) is 6.54 Å². The number of aromatic nitrogens is 4. The lowest BCUT2D eigenvalue weighted by Gasteiger charge is -2.17. The third-order valence-electron chi connectivity index (χ3n) is 3.03. The third-order valence-corrected chi connectivity index (χ3v) is 3.82. The molecule has 0 bridgehead atoms. The molecule has 5 nitrogen and oxygen atoms in total. The first-order chi connectivity index (χ1) is 9.52. The van der Waals surface area contributed by atoms with Gasteiger partial charge in [0.25, 0.3) is 0 Å². The van der Waals surface area contributed by atoms with Crippen molar-refractivity contribution in [3.63, 3.8) is 0 Å². The number of hydrogen-bond acceptors (Lipinski definition) is 5. The Balaban J connectivity index is 1.71. The van der Waals surface area contributed by atoms with E-state index in [1.165, 1.54) is 4.70 Å². The number of anilines is 1. The van der Waals surface area contributed by atoms with Gasteiger partial charge in [-0.05, 0) is 39.0 Å². The summed E-state index contributed by atoms with van der Waals surface area (Å²) < 4.78 is 3.07. The minimum atomic E-state index is -0.0349. The first-order valence-corrected chi connectivity index (χ1v) is 7.39. The lowest BCUT2D eigenvalue weighted by atomic mass is 10.1. The molecule has 0 spiro atoms. The summed E-state index contributed by atoms with van der Waals surface area (Å²) >= 11 is 1.65. The normalized spacial score (nSPS) is 11.9. The van der Waals surface area contributed by atoms with Crippen LogP contribution in [0.5, 0.6) is 0 Å². The van der Waals surface area contributed by atoms with Crippen LogP contribution in [0.1, 0.15) is 26.5 Å².